The maximum absolute atomic E-state index is 13.7. The predicted molar refractivity (Wildman–Crippen MR) is 167 cm³/mol. The second-order valence-electron chi connectivity index (χ2n) is 10.3. The van der Waals surface area contributed by atoms with Gasteiger partial charge in [-0.2, -0.15) is 0 Å². The van der Waals surface area contributed by atoms with E-state index in [-0.39, 0.29) is 16.8 Å². The first kappa shape index (κ1) is 31.1. The van der Waals surface area contributed by atoms with Crippen molar-refractivity contribution in [1.29, 1.82) is 0 Å². The first-order valence-corrected chi connectivity index (χ1v) is 15.8. The lowest BCUT2D eigenvalue weighted by Gasteiger charge is -2.35. The molecule has 219 valence electrons. The lowest BCUT2D eigenvalue weighted by molar-refractivity contribution is -0.123. The van der Waals surface area contributed by atoms with E-state index in [9.17, 15) is 18.0 Å². The van der Waals surface area contributed by atoms with Gasteiger partial charge in [0, 0.05) is 44.0 Å². The number of benzene rings is 3. The van der Waals surface area contributed by atoms with E-state index >= 15 is 0 Å². The molecule has 1 aliphatic heterocycles. The molecule has 42 heavy (non-hydrogen) atoms. The Morgan fingerprint density at radius 2 is 1.40 bits per heavy atom. The number of carbonyl (C=O) groups is 2. The highest BCUT2D eigenvalue weighted by Crippen LogP contribution is 2.14. The van der Waals surface area contributed by atoms with E-state index in [4.69, 9.17) is 0 Å². The van der Waals surface area contributed by atoms with Gasteiger partial charge in [0.05, 0.1) is 4.90 Å². The molecule has 1 fully saturated rings. The average molecular weight is 586 g/mol. The Hall–Kier alpha value is -3.89. The Morgan fingerprint density at radius 1 is 0.833 bits per heavy atom. The van der Waals surface area contributed by atoms with Crippen LogP contribution >= 0.6 is 0 Å². The zero-order chi connectivity index (χ0) is 29.8. The number of carbonyl (C=O) groups excluding carboxylic acids is 2. The van der Waals surface area contributed by atoms with Gasteiger partial charge in [-0.1, -0.05) is 91.8 Å². The number of amides is 3. The zero-order valence-corrected chi connectivity index (χ0v) is 24.7. The van der Waals surface area contributed by atoms with Gasteiger partial charge in [-0.15, -0.1) is 0 Å². The minimum absolute atomic E-state index is 0.185. The molecule has 0 aromatic heterocycles. The lowest BCUT2D eigenvalue weighted by atomic mass is 9.95. The summed E-state index contributed by atoms with van der Waals surface area (Å²) in [7, 11) is -1.68. The third-order valence-electron chi connectivity index (χ3n) is 7.34. The third-order valence-corrected chi connectivity index (χ3v) is 8.78. The Balaban J connectivity index is 1.52. The molecule has 1 saturated heterocycles. The molecule has 0 bridgehead atoms. The van der Waals surface area contributed by atoms with Gasteiger partial charge in [-0.25, -0.2) is 13.2 Å². The maximum Gasteiger partial charge on any atom is 0.318 e. The van der Waals surface area contributed by atoms with Crippen LogP contribution in [0, 0.1) is 0 Å². The Morgan fingerprint density at radius 3 is 2.00 bits per heavy atom. The van der Waals surface area contributed by atoms with Crippen molar-refractivity contribution in [3.8, 4) is 0 Å². The number of urea groups is 1. The van der Waals surface area contributed by atoms with Gasteiger partial charge in [-0.05, 0) is 36.1 Å². The summed E-state index contributed by atoms with van der Waals surface area (Å²) in [5, 5.41) is 7.13. The van der Waals surface area contributed by atoms with Crippen LogP contribution in [0.2, 0.25) is 6.82 Å². The normalized spacial score (nSPS) is 15.6. The van der Waals surface area contributed by atoms with Gasteiger partial charge in [0.15, 0.2) is 9.84 Å². The van der Waals surface area contributed by atoms with Gasteiger partial charge in [-0.3, -0.25) is 4.79 Å². The summed E-state index contributed by atoms with van der Waals surface area (Å²) in [6.45, 7) is 4.58. The highest BCUT2D eigenvalue weighted by atomic mass is 32.2. The molecular formula is C32H38BN4O4S. The fourth-order valence-corrected chi connectivity index (χ4v) is 5.93. The van der Waals surface area contributed by atoms with E-state index in [0.717, 1.165) is 29.6 Å². The summed E-state index contributed by atoms with van der Waals surface area (Å²) in [4.78, 5) is 31.0. The summed E-state index contributed by atoms with van der Waals surface area (Å²) in [5.41, 5.74) is 1.99. The largest absolute Gasteiger partial charge is 0.348 e. The van der Waals surface area contributed by atoms with Crippen LogP contribution in [-0.4, -0.2) is 75.7 Å². The number of sulfone groups is 1. The molecule has 3 aromatic carbocycles. The average Bonchev–Trinajstić information content (AvgIpc) is 3.03. The smallest absolute Gasteiger partial charge is 0.318 e. The Labute approximate surface area is 250 Å². The lowest BCUT2D eigenvalue weighted by Crippen LogP contribution is -2.57. The van der Waals surface area contributed by atoms with E-state index in [2.05, 4.69) is 15.4 Å². The van der Waals surface area contributed by atoms with Crippen LogP contribution in [0.15, 0.2) is 107 Å². The highest BCUT2D eigenvalue weighted by molar-refractivity contribution is 7.94. The molecule has 3 amide bonds. The second-order valence-corrected chi connectivity index (χ2v) is 12.1. The SMILES string of the molecule is C[B]N1CCN(C(=O)N[C@@H](Cc2ccccc2)C(=O)N[C@H](/C=C/S(=O)(=O)c2ccccc2)CCc2ccccc2)CC1. The number of piperazine rings is 1. The molecule has 4 rings (SSSR count). The van der Waals surface area contributed by atoms with Crippen molar-refractivity contribution in [2.24, 2.45) is 0 Å². The number of hydrogen-bond donors (Lipinski definition) is 2. The van der Waals surface area contributed by atoms with Crippen LogP contribution in [0.5, 0.6) is 0 Å². The molecule has 1 aliphatic rings. The molecule has 3 aromatic rings. The van der Waals surface area contributed by atoms with E-state index in [1.807, 2.05) is 74.9 Å². The van der Waals surface area contributed by atoms with Crippen molar-refractivity contribution in [3.63, 3.8) is 0 Å². The first-order chi connectivity index (χ1) is 20.3. The molecule has 8 nitrogen and oxygen atoms in total. The molecule has 0 saturated carbocycles. The van der Waals surface area contributed by atoms with E-state index in [0.29, 0.717) is 32.4 Å². The molecule has 1 heterocycles. The van der Waals surface area contributed by atoms with Gasteiger partial charge in [0.25, 0.3) is 0 Å². The topological polar surface area (TPSA) is 98.8 Å². The van der Waals surface area contributed by atoms with E-state index in [1.165, 1.54) is 6.08 Å². The van der Waals surface area contributed by atoms with Crippen LogP contribution in [-0.2, 0) is 27.5 Å². The quantitative estimate of drug-likeness (QED) is 0.316. The summed E-state index contributed by atoms with van der Waals surface area (Å²) in [5.74, 6) is -0.368. The molecular weight excluding hydrogens is 547 g/mol. The van der Waals surface area contributed by atoms with Crippen molar-refractivity contribution >= 4 is 29.2 Å². The highest BCUT2D eigenvalue weighted by Gasteiger charge is 2.27. The number of nitrogens with one attached hydrogen (secondary N) is 2. The van der Waals surface area contributed by atoms with Crippen molar-refractivity contribution in [1.82, 2.24) is 20.3 Å². The van der Waals surface area contributed by atoms with Crippen molar-refractivity contribution in [2.45, 2.75) is 43.1 Å². The minimum Gasteiger partial charge on any atom is -0.348 e. The summed E-state index contributed by atoms with van der Waals surface area (Å²) >= 11 is 0. The maximum atomic E-state index is 13.7. The number of hydrogen-bond acceptors (Lipinski definition) is 5. The summed E-state index contributed by atoms with van der Waals surface area (Å²) < 4.78 is 25.9. The number of aryl methyl sites for hydroxylation is 1. The molecule has 0 spiro atoms. The molecule has 2 N–H and O–H groups in total. The van der Waals surface area contributed by atoms with E-state index < -0.39 is 21.9 Å². The number of rotatable bonds is 12. The van der Waals surface area contributed by atoms with Crippen molar-refractivity contribution in [3.05, 3.63) is 114 Å². The first-order valence-electron chi connectivity index (χ1n) is 14.3. The van der Waals surface area contributed by atoms with Gasteiger partial charge >= 0.3 is 6.03 Å². The predicted octanol–water partition coefficient (Wildman–Crippen LogP) is 3.70. The monoisotopic (exact) mass is 585 g/mol. The van der Waals surface area contributed by atoms with Crippen molar-refractivity contribution < 1.29 is 18.0 Å². The fraction of sp³-hybridized carbons (Fsp3) is 0.312. The molecule has 10 heteroatoms. The third kappa shape index (κ3) is 9.32. The van der Waals surface area contributed by atoms with Crippen LogP contribution in [0.3, 0.4) is 0 Å². The van der Waals surface area contributed by atoms with Crippen LogP contribution in [0.25, 0.3) is 0 Å². The van der Waals surface area contributed by atoms with Crippen LogP contribution in [0.4, 0.5) is 4.79 Å². The molecule has 0 aliphatic carbocycles. The van der Waals surface area contributed by atoms with Gasteiger partial charge in [0.2, 0.25) is 13.3 Å². The molecule has 1 radical (unpaired) electrons. The zero-order valence-electron chi connectivity index (χ0n) is 23.9. The minimum atomic E-state index is -3.70. The van der Waals surface area contributed by atoms with Crippen molar-refractivity contribution in [2.75, 3.05) is 26.2 Å². The van der Waals surface area contributed by atoms with Gasteiger partial charge < -0.3 is 20.3 Å². The Bertz CT molecular complexity index is 1410. The molecule has 2 atom stereocenters. The Kier molecular flexibility index (Phi) is 11.4. The van der Waals surface area contributed by atoms with Gasteiger partial charge in [0.1, 0.15) is 6.04 Å². The summed E-state index contributed by atoms with van der Waals surface area (Å²) in [6.07, 6.45) is 2.96. The van der Waals surface area contributed by atoms with E-state index in [1.54, 1.807) is 35.2 Å². The van der Waals surface area contributed by atoms with Crippen LogP contribution < -0.4 is 10.6 Å². The molecule has 0 unspecified atom stereocenters. The summed E-state index contributed by atoms with van der Waals surface area (Å²) in [6, 6.07) is 25.8. The second kappa shape index (κ2) is 15.4. The van der Waals surface area contributed by atoms with Crippen LogP contribution in [0.1, 0.15) is 17.5 Å². The number of nitrogens with zero attached hydrogens (tertiary/aromatic N) is 2. The standard InChI is InChI=1S/C32H38BN4O4S/c1-33-37-22-20-36(21-23-37)32(39)35-30(25-27-13-7-3-8-14-27)31(38)34-28(18-17-26-11-5-2-6-12-26)19-24-42(40,41)29-15-9-4-10-16-29/h2-16,19,24,28,30H,17-18,20-23,25H2,1H3,(H,34,38)(H,35,39)/b24-19+/t28-,30-/m0/s1. The fourth-order valence-electron chi connectivity index (χ4n) is 4.84.